The van der Waals surface area contributed by atoms with Gasteiger partial charge in [-0.15, -0.1) is 6.58 Å². The van der Waals surface area contributed by atoms with Gasteiger partial charge < -0.3 is 4.74 Å². The second kappa shape index (κ2) is 9.31. The Bertz CT molecular complexity index is 421. The third kappa shape index (κ3) is 6.10. The lowest BCUT2D eigenvalue weighted by Crippen LogP contribution is -2.37. The van der Waals surface area contributed by atoms with E-state index >= 15 is 0 Å². The second-order valence-electron chi connectivity index (χ2n) is 7.42. The van der Waals surface area contributed by atoms with Gasteiger partial charge in [0, 0.05) is 0 Å². The van der Waals surface area contributed by atoms with Crippen LogP contribution in [0.1, 0.15) is 50.8 Å². The molecule has 0 heterocycles. The molecule has 0 aromatic heterocycles. The number of benzene rings is 1. The van der Waals surface area contributed by atoms with E-state index in [0.29, 0.717) is 5.92 Å². The van der Waals surface area contributed by atoms with E-state index in [1.165, 1.54) is 24.8 Å². The van der Waals surface area contributed by atoms with E-state index in [-0.39, 0.29) is 11.8 Å². The Hall–Kier alpha value is -0.863. The standard InChI is InChI=1S/C20H34OSi/c1-7-9-11-16-19(17(3)8-2)21-20(22(4,5)6)18-14-12-10-13-15-18/h8,10,12-15,17,19-20H,2,7,9,11,16H2,1,3-6H3/t17-,19+,20+/m1/s1. The molecule has 0 N–H and O–H groups in total. The van der Waals surface area contributed by atoms with Gasteiger partial charge in [0.2, 0.25) is 0 Å². The zero-order valence-electron chi connectivity index (χ0n) is 15.1. The maximum absolute atomic E-state index is 6.69. The van der Waals surface area contributed by atoms with Crippen LogP contribution in [0.5, 0.6) is 0 Å². The molecule has 0 amide bonds. The predicted molar refractivity (Wildman–Crippen MR) is 101 cm³/mol. The quantitative estimate of drug-likeness (QED) is 0.276. The van der Waals surface area contributed by atoms with Crippen molar-refractivity contribution < 1.29 is 4.74 Å². The fraction of sp³-hybridized carbons (Fsp3) is 0.600. The molecule has 0 bridgehead atoms. The van der Waals surface area contributed by atoms with Crippen molar-refractivity contribution >= 4 is 8.07 Å². The summed E-state index contributed by atoms with van der Waals surface area (Å²) in [5, 5.41) is 0. The van der Waals surface area contributed by atoms with Crippen LogP contribution in [-0.4, -0.2) is 14.2 Å². The minimum Gasteiger partial charge on any atom is -0.373 e. The monoisotopic (exact) mass is 318 g/mol. The first kappa shape index (κ1) is 19.2. The van der Waals surface area contributed by atoms with Gasteiger partial charge in [0.05, 0.1) is 19.9 Å². The van der Waals surface area contributed by atoms with Crippen LogP contribution in [-0.2, 0) is 4.74 Å². The molecule has 0 aliphatic heterocycles. The van der Waals surface area contributed by atoms with Gasteiger partial charge in [0.15, 0.2) is 0 Å². The van der Waals surface area contributed by atoms with Gasteiger partial charge in [-0.25, -0.2) is 0 Å². The summed E-state index contributed by atoms with van der Waals surface area (Å²) in [5.41, 5.74) is 1.58. The van der Waals surface area contributed by atoms with Crippen LogP contribution in [0.4, 0.5) is 0 Å². The molecule has 0 radical (unpaired) electrons. The normalized spacial score (nSPS) is 16.0. The third-order valence-electron chi connectivity index (χ3n) is 4.25. The maximum atomic E-state index is 6.69. The molecule has 0 spiro atoms. The van der Waals surface area contributed by atoms with E-state index in [0.717, 1.165) is 6.42 Å². The van der Waals surface area contributed by atoms with E-state index < -0.39 is 8.07 Å². The van der Waals surface area contributed by atoms with Crippen molar-refractivity contribution in [3.8, 4) is 0 Å². The molecule has 1 rings (SSSR count). The van der Waals surface area contributed by atoms with Crippen molar-refractivity contribution in [2.24, 2.45) is 5.92 Å². The average Bonchev–Trinajstić information content (AvgIpc) is 2.49. The Kier molecular flexibility index (Phi) is 8.12. The number of hydrogen-bond acceptors (Lipinski definition) is 1. The fourth-order valence-corrected chi connectivity index (χ4v) is 4.56. The number of rotatable bonds is 10. The third-order valence-corrected chi connectivity index (χ3v) is 6.29. The topological polar surface area (TPSA) is 9.23 Å². The van der Waals surface area contributed by atoms with Crippen LogP contribution in [0.3, 0.4) is 0 Å². The number of ether oxygens (including phenoxy) is 1. The summed E-state index contributed by atoms with van der Waals surface area (Å²) in [4.78, 5) is 0. The summed E-state index contributed by atoms with van der Waals surface area (Å²) in [6.45, 7) is 15.7. The molecule has 0 saturated carbocycles. The molecule has 0 unspecified atom stereocenters. The first-order valence-electron chi connectivity index (χ1n) is 8.73. The van der Waals surface area contributed by atoms with Gasteiger partial charge >= 0.3 is 0 Å². The number of unbranched alkanes of at least 4 members (excludes halogenated alkanes) is 2. The van der Waals surface area contributed by atoms with Gasteiger partial charge in [0.25, 0.3) is 0 Å². The highest BCUT2D eigenvalue weighted by molar-refractivity contribution is 6.77. The molecule has 0 aliphatic rings. The zero-order chi connectivity index (χ0) is 16.6. The molecule has 0 fully saturated rings. The van der Waals surface area contributed by atoms with Crippen LogP contribution in [0.15, 0.2) is 43.0 Å². The largest absolute Gasteiger partial charge is 0.373 e. The smallest absolute Gasteiger partial charge is 0.0842 e. The van der Waals surface area contributed by atoms with Crippen molar-refractivity contribution in [2.75, 3.05) is 0 Å². The first-order valence-corrected chi connectivity index (χ1v) is 12.3. The molecule has 0 aliphatic carbocycles. The lowest BCUT2D eigenvalue weighted by atomic mass is 9.99. The van der Waals surface area contributed by atoms with E-state index in [1.807, 2.05) is 6.08 Å². The molecule has 22 heavy (non-hydrogen) atoms. The highest BCUT2D eigenvalue weighted by Crippen LogP contribution is 2.32. The van der Waals surface area contributed by atoms with Crippen molar-refractivity contribution in [3.63, 3.8) is 0 Å². The predicted octanol–water partition coefficient (Wildman–Crippen LogP) is 6.39. The van der Waals surface area contributed by atoms with Crippen LogP contribution in [0.2, 0.25) is 19.6 Å². The van der Waals surface area contributed by atoms with Crippen LogP contribution in [0.25, 0.3) is 0 Å². The molecule has 2 heteroatoms. The van der Waals surface area contributed by atoms with Crippen LogP contribution < -0.4 is 0 Å². The minimum absolute atomic E-state index is 0.253. The Balaban J connectivity index is 2.90. The summed E-state index contributed by atoms with van der Waals surface area (Å²) < 4.78 is 6.69. The molecule has 1 nitrogen and oxygen atoms in total. The summed E-state index contributed by atoms with van der Waals surface area (Å²) in [7, 11) is -1.45. The summed E-state index contributed by atoms with van der Waals surface area (Å²) in [5.74, 6) is 0.402. The number of hydrogen-bond donors (Lipinski definition) is 0. The van der Waals surface area contributed by atoms with Crippen LogP contribution in [0, 0.1) is 5.92 Å². The van der Waals surface area contributed by atoms with Crippen molar-refractivity contribution in [1.29, 1.82) is 0 Å². The molecule has 1 aromatic rings. The van der Waals surface area contributed by atoms with Gasteiger partial charge in [-0.2, -0.15) is 0 Å². The van der Waals surface area contributed by atoms with E-state index in [2.05, 4.69) is 70.4 Å². The first-order chi connectivity index (χ1) is 10.4. The second-order valence-corrected chi connectivity index (χ2v) is 12.7. The van der Waals surface area contributed by atoms with E-state index in [9.17, 15) is 0 Å². The molecule has 3 atom stereocenters. The molecule has 124 valence electrons. The van der Waals surface area contributed by atoms with Crippen molar-refractivity contribution in [1.82, 2.24) is 0 Å². The Morgan fingerprint density at radius 3 is 2.27 bits per heavy atom. The van der Waals surface area contributed by atoms with Gasteiger partial charge in [0.1, 0.15) is 0 Å². The molecule has 1 aromatic carbocycles. The van der Waals surface area contributed by atoms with Crippen molar-refractivity contribution in [2.45, 2.75) is 71.0 Å². The van der Waals surface area contributed by atoms with Crippen LogP contribution >= 0.6 is 0 Å². The highest BCUT2D eigenvalue weighted by Gasteiger charge is 2.32. The minimum atomic E-state index is -1.45. The SMILES string of the molecule is C=C[C@@H](C)[C@H](CCCCC)O[C@H](c1ccccc1)[Si](C)(C)C. The maximum Gasteiger partial charge on any atom is 0.0842 e. The molecular weight excluding hydrogens is 284 g/mol. The average molecular weight is 319 g/mol. The summed E-state index contributed by atoms with van der Waals surface area (Å²) in [6, 6.07) is 10.7. The van der Waals surface area contributed by atoms with Gasteiger partial charge in [-0.05, 0) is 17.9 Å². The summed E-state index contributed by atoms with van der Waals surface area (Å²) in [6.07, 6.45) is 7.24. The Morgan fingerprint density at radius 1 is 1.14 bits per heavy atom. The lowest BCUT2D eigenvalue weighted by molar-refractivity contribution is -0.00345. The van der Waals surface area contributed by atoms with Gasteiger partial charge in [-0.3, -0.25) is 0 Å². The highest BCUT2D eigenvalue weighted by atomic mass is 28.3. The zero-order valence-corrected chi connectivity index (χ0v) is 16.1. The fourth-order valence-electron chi connectivity index (χ4n) is 2.79. The van der Waals surface area contributed by atoms with E-state index in [1.54, 1.807) is 0 Å². The Labute approximate surface area is 138 Å². The molecule has 0 saturated heterocycles. The molecular formula is C20H34OSi. The Morgan fingerprint density at radius 2 is 1.77 bits per heavy atom. The van der Waals surface area contributed by atoms with Crippen molar-refractivity contribution in [3.05, 3.63) is 48.6 Å². The lowest BCUT2D eigenvalue weighted by Gasteiger charge is -2.35. The summed E-state index contributed by atoms with van der Waals surface area (Å²) >= 11 is 0. The van der Waals surface area contributed by atoms with E-state index in [4.69, 9.17) is 4.74 Å². The van der Waals surface area contributed by atoms with Gasteiger partial charge in [-0.1, -0.05) is 89.2 Å².